The minimum absolute atomic E-state index is 0. The summed E-state index contributed by atoms with van der Waals surface area (Å²) in [5.41, 5.74) is 4.98. The normalized spacial score (nSPS) is 9.13. The van der Waals surface area contributed by atoms with Gasteiger partial charge in [0.15, 0.2) is 0 Å². The average molecular weight is 1650 g/mol. The largest absolute Gasteiger partial charge is 0.477 e. The van der Waals surface area contributed by atoms with Crippen molar-refractivity contribution in [2.45, 2.75) is 0 Å². The Balaban J connectivity index is 0.000000435. The van der Waals surface area contributed by atoms with Gasteiger partial charge in [0.05, 0.1) is 13.1 Å². The predicted molar refractivity (Wildman–Crippen MR) is 238 cm³/mol. The Morgan fingerprint density at radius 3 is 1.26 bits per heavy atom. The molecule has 0 bridgehead atoms. The van der Waals surface area contributed by atoms with Crippen LogP contribution in [0.3, 0.4) is 0 Å². The van der Waals surface area contributed by atoms with Gasteiger partial charge < -0.3 is 25.0 Å². The molecule has 5 heterocycles. The van der Waals surface area contributed by atoms with Crippen molar-refractivity contribution in [2.24, 2.45) is 0 Å². The van der Waals surface area contributed by atoms with Crippen molar-refractivity contribution in [1.82, 2.24) is 24.9 Å². The minimum Gasteiger partial charge on any atom is -0.477 e. The zero-order chi connectivity index (χ0) is 47.1. The Hall–Kier alpha value is -6.67. The molecule has 0 fully saturated rings. The van der Waals surface area contributed by atoms with Gasteiger partial charge in [-0.15, -0.1) is 71.8 Å². The zero-order valence-electron chi connectivity index (χ0n) is 35.5. The Morgan fingerprint density at radius 1 is 0.471 bits per heavy atom. The molecule has 0 aliphatic heterocycles. The van der Waals surface area contributed by atoms with Gasteiger partial charge in [-0.2, -0.15) is 6.07 Å². The van der Waals surface area contributed by atoms with Crippen LogP contribution < -0.4 is 0 Å². The smallest absolute Gasteiger partial charge is 0.354 e. The van der Waals surface area contributed by atoms with Gasteiger partial charge in [0, 0.05) is 140 Å². The summed E-state index contributed by atoms with van der Waals surface area (Å²) >= 11 is 0. The van der Waals surface area contributed by atoms with Gasteiger partial charge in [-0.25, -0.2) is 9.78 Å². The van der Waals surface area contributed by atoms with E-state index in [4.69, 9.17) is 18.3 Å². The van der Waals surface area contributed by atoms with E-state index >= 15 is 0 Å². The van der Waals surface area contributed by atoms with Crippen molar-refractivity contribution in [1.29, 1.82) is 0 Å². The van der Waals surface area contributed by atoms with E-state index in [2.05, 4.69) is 58.9 Å². The summed E-state index contributed by atoms with van der Waals surface area (Å²) < 4.78 is 64.6. The van der Waals surface area contributed by atoms with Crippen molar-refractivity contribution < 1.29 is 112 Å². The summed E-state index contributed by atoms with van der Waals surface area (Å²) in [7, 11) is 0. The van der Waals surface area contributed by atoms with Gasteiger partial charge >= 0.3 is 5.97 Å². The molecule has 0 saturated carbocycles. The van der Waals surface area contributed by atoms with Gasteiger partial charge in [0.25, 0.3) is 0 Å². The topological polar surface area (TPSA) is 110 Å². The van der Waals surface area contributed by atoms with Crippen LogP contribution in [-0.4, -0.2) is 36.0 Å². The standard InChI is InChI=1S/C12H6FN2.C12H7N2.2C11H6F2N.C6H5NO2.4Ir/c1-14-12-8-9(5-6-10(12)13)11-4-2-3-7-15-11;1-13-11-6-4-5-10(9-11)12-7-2-3-8-14-12;2*12-8-4-5-9(10(13)7-8)11-3-1-2-6-14-11;8-6(9)5-3-1-2-4-7-5;;;;/h2-4,6-8H;2-4,6-9H;2*1-4,6-7H;1-4H,(H,8,9);;;;/q4*-1;;;;;. The Bertz CT molecular complexity index is 2970. The molecule has 0 spiro atoms. The number of carboxylic acids is 1. The number of aromatic carboxylic acids is 1. The molecule has 360 valence electrons. The van der Waals surface area contributed by atoms with Crippen molar-refractivity contribution in [2.75, 3.05) is 0 Å². The first kappa shape index (κ1) is 61.3. The summed E-state index contributed by atoms with van der Waals surface area (Å²) in [4.78, 5) is 36.3. The molecule has 70 heavy (non-hydrogen) atoms. The fourth-order valence-electron chi connectivity index (χ4n) is 5.21. The molecule has 4 radical (unpaired) electrons. The first-order chi connectivity index (χ1) is 32.1. The number of carbonyl (C=O) groups is 1. The fourth-order valence-corrected chi connectivity index (χ4v) is 5.21. The van der Waals surface area contributed by atoms with Gasteiger partial charge in [-0.05, 0) is 59.2 Å². The molecule has 0 atom stereocenters. The van der Waals surface area contributed by atoms with Gasteiger partial charge in [0.1, 0.15) is 17.1 Å². The quantitative estimate of drug-likeness (QED) is 0.135. The molecular formula is C52H30F5Ir4N7O2-4. The average Bonchev–Trinajstić information content (AvgIpc) is 3.36. The van der Waals surface area contributed by atoms with Crippen LogP contribution >= 0.6 is 0 Å². The molecule has 9 nitrogen and oxygen atoms in total. The van der Waals surface area contributed by atoms with Crippen LogP contribution in [0.15, 0.2) is 177 Å². The SMILES string of the molecule is Fc1c[c-]c(-c2ccccn2)c(F)c1.Fc1c[c-]c(-c2ccccn2)c(F)c1.O=C(O)c1ccccn1.[C-]#[N+]c1cc(-c2ccccn2)[c-]cc1F.[C-]#[N+]c1cc[c-]c(-c2ccccn2)c1.[Ir].[Ir].[Ir].[Ir]. The predicted octanol–water partition coefficient (Wildman–Crippen LogP) is 12.8. The Labute approximate surface area is 454 Å². The van der Waals surface area contributed by atoms with E-state index in [1.807, 2.05) is 24.3 Å². The maximum absolute atomic E-state index is 13.2. The molecule has 1 N–H and O–H groups in total. The first-order valence-corrected chi connectivity index (χ1v) is 19.1. The van der Waals surface area contributed by atoms with Crippen LogP contribution in [-0.2, 0) is 80.4 Å². The molecular weight excluding hydrogens is 1620 g/mol. The third kappa shape index (κ3) is 19.7. The number of rotatable bonds is 5. The summed E-state index contributed by atoms with van der Waals surface area (Å²) in [6, 6.07) is 48.6. The Kier molecular flexibility index (Phi) is 28.9. The summed E-state index contributed by atoms with van der Waals surface area (Å²) in [5.74, 6) is -4.11. The number of hydrogen-bond acceptors (Lipinski definition) is 6. The van der Waals surface area contributed by atoms with Crippen LogP contribution in [0, 0.1) is 66.5 Å². The van der Waals surface area contributed by atoms with Crippen LogP contribution in [0.4, 0.5) is 33.3 Å². The summed E-state index contributed by atoms with van der Waals surface area (Å²) in [6.07, 6.45) is 7.92. The molecule has 5 aromatic heterocycles. The van der Waals surface area contributed by atoms with Crippen LogP contribution in [0.1, 0.15) is 10.5 Å². The second-order valence-corrected chi connectivity index (χ2v) is 12.7. The van der Waals surface area contributed by atoms with Crippen LogP contribution in [0.25, 0.3) is 54.7 Å². The van der Waals surface area contributed by atoms with Gasteiger partial charge in [-0.1, -0.05) is 77.9 Å². The van der Waals surface area contributed by atoms with Gasteiger partial charge in [0.2, 0.25) is 0 Å². The number of halogens is 5. The molecule has 9 aromatic rings. The molecule has 18 heteroatoms. The minimum atomic E-state index is -0.990. The number of nitrogens with zero attached hydrogens (tertiary/aromatic N) is 7. The molecule has 0 unspecified atom stereocenters. The van der Waals surface area contributed by atoms with Crippen molar-refractivity contribution >= 4 is 17.3 Å². The van der Waals surface area contributed by atoms with E-state index in [0.29, 0.717) is 28.3 Å². The van der Waals surface area contributed by atoms with E-state index in [1.165, 1.54) is 18.3 Å². The number of carboxylic acid groups (broad SMARTS) is 1. The van der Waals surface area contributed by atoms with Crippen molar-refractivity contribution in [3.8, 4) is 45.0 Å². The number of pyridine rings is 5. The monoisotopic (exact) mass is 1650 g/mol. The van der Waals surface area contributed by atoms with E-state index in [-0.39, 0.29) is 103 Å². The van der Waals surface area contributed by atoms with E-state index in [9.17, 15) is 26.7 Å². The first-order valence-electron chi connectivity index (χ1n) is 19.1. The van der Waals surface area contributed by atoms with Crippen molar-refractivity contribution in [3.05, 3.63) is 258 Å². The second-order valence-electron chi connectivity index (χ2n) is 12.7. The third-order valence-corrected chi connectivity index (χ3v) is 8.24. The Morgan fingerprint density at radius 2 is 0.900 bits per heavy atom. The molecule has 0 amide bonds. The summed E-state index contributed by atoms with van der Waals surface area (Å²) in [6.45, 7) is 13.7. The third-order valence-electron chi connectivity index (χ3n) is 8.24. The van der Waals surface area contributed by atoms with Gasteiger partial charge in [-0.3, -0.25) is 31.6 Å². The molecule has 0 aliphatic carbocycles. The van der Waals surface area contributed by atoms with Crippen molar-refractivity contribution in [3.63, 3.8) is 0 Å². The molecule has 4 aromatic carbocycles. The van der Waals surface area contributed by atoms with Crippen LogP contribution in [0.2, 0.25) is 0 Å². The number of aromatic nitrogens is 5. The van der Waals surface area contributed by atoms with E-state index in [1.54, 1.807) is 104 Å². The fraction of sp³-hybridized carbons (Fsp3) is 0. The maximum atomic E-state index is 13.2. The number of hydrogen-bond donors (Lipinski definition) is 1. The van der Waals surface area contributed by atoms with Crippen LogP contribution in [0.5, 0.6) is 0 Å². The van der Waals surface area contributed by atoms with E-state index < -0.39 is 35.1 Å². The molecule has 9 rings (SSSR count). The zero-order valence-corrected chi connectivity index (χ0v) is 45.0. The second kappa shape index (κ2) is 33.0. The molecule has 0 saturated heterocycles. The maximum Gasteiger partial charge on any atom is 0.354 e. The van der Waals surface area contributed by atoms with E-state index in [0.717, 1.165) is 41.6 Å². The summed E-state index contributed by atoms with van der Waals surface area (Å²) in [5, 5.41) is 8.32. The number of benzene rings is 4. The molecule has 0 aliphatic rings.